The molecule has 1 aromatic rings. The molecule has 0 unspecified atom stereocenters. The van der Waals surface area contributed by atoms with E-state index < -0.39 is 5.60 Å². The molecule has 0 N–H and O–H groups in total. The number of benzene rings is 1. The summed E-state index contributed by atoms with van der Waals surface area (Å²) in [5, 5.41) is 0. The number of carbonyl (C=O) groups excluding carboxylic acids is 1. The zero-order valence-electron chi connectivity index (χ0n) is 14.7. The molecule has 4 heteroatoms. The standard InChI is InChI=1S/C21H24O4/c1-15(2)17-12-20-21(24-14-17,18-8-5-4-6-9-18)13-19(25-20)10-7-11-23-16(3)22/h4-10,12,19-20H,1,11,13-14H2,2-3H3/b10-7+/t19-,20+,21-/m1/s1. The molecule has 0 bridgehead atoms. The van der Waals surface area contributed by atoms with Crippen LogP contribution in [0.1, 0.15) is 25.8 Å². The Morgan fingerprint density at radius 2 is 2.12 bits per heavy atom. The van der Waals surface area contributed by atoms with Gasteiger partial charge in [-0.25, -0.2) is 0 Å². The largest absolute Gasteiger partial charge is 0.462 e. The number of hydrogen-bond acceptors (Lipinski definition) is 4. The summed E-state index contributed by atoms with van der Waals surface area (Å²) in [5.74, 6) is -0.288. The Labute approximate surface area is 148 Å². The molecule has 3 atom stereocenters. The van der Waals surface area contributed by atoms with Crippen LogP contribution in [-0.2, 0) is 24.6 Å². The first kappa shape index (κ1) is 17.6. The molecule has 25 heavy (non-hydrogen) atoms. The van der Waals surface area contributed by atoms with E-state index in [1.54, 1.807) is 0 Å². The van der Waals surface area contributed by atoms with Gasteiger partial charge in [-0.1, -0.05) is 48.6 Å². The van der Waals surface area contributed by atoms with Crippen molar-refractivity contribution in [3.05, 3.63) is 71.8 Å². The quantitative estimate of drug-likeness (QED) is 0.606. The van der Waals surface area contributed by atoms with Crippen molar-refractivity contribution in [1.29, 1.82) is 0 Å². The van der Waals surface area contributed by atoms with E-state index in [1.807, 2.05) is 37.3 Å². The van der Waals surface area contributed by atoms with Crippen molar-refractivity contribution in [1.82, 2.24) is 0 Å². The monoisotopic (exact) mass is 340 g/mol. The van der Waals surface area contributed by atoms with Crippen LogP contribution < -0.4 is 0 Å². The fourth-order valence-corrected chi connectivity index (χ4v) is 3.35. The molecule has 2 aliphatic rings. The van der Waals surface area contributed by atoms with E-state index in [2.05, 4.69) is 24.8 Å². The van der Waals surface area contributed by atoms with Crippen molar-refractivity contribution >= 4 is 5.97 Å². The maximum Gasteiger partial charge on any atom is 0.302 e. The average Bonchev–Trinajstić information content (AvgIpc) is 2.98. The van der Waals surface area contributed by atoms with Gasteiger partial charge in [0.25, 0.3) is 0 Å². The molecule has 0 radical (unpaired) electrons. The topological polar surface area (TPSA) is 44.8 Å². The smallest absolute Gasteiger partial charge is 0.302 e. The highest BCUT2D eigenvalue weighted by Gasteiger charge is 2.51. The van der Waals surface area contributed by atoms with Crippen LogP contribution in [0, 0.1) is 0 Å². The molecule has 4 nitrogen and oxygen atoms in total. The van der Waals surface area contributed by atoms with Gasteiger partial charge >= 0.3 is 5.97 Å². The molecule has 132 valence electrons. The first-order chi connectivity index (χ1) is 12.0. The summed E-state index contributed by atoms with van der Waals surface area (Å²) >= 11 is 0. The van der Waals surface area contributed by atoms with Gasteiger partial charge in [-0.3, -0.25) is 4.79 Å². The van der Waals surface area contributed by atoms with E-state index in [0.29, 0.717) is 6.61 Å². The Bertz CT molecular complexity index is 704. The number of ether oxygens (including phenoxy) is 3. The number of hydrogen-bond donors (Lipinski definition) is 0. The minimum Gasteiger partial charge on any atom is -0.462 e. The molecule has 1 aromatic carbocycles. The summed E-state index contributed by atoms with van der Waals surface area (Å²) in [6, 6.07) is 10.2. The third kappa shape index (κ3) is 3.75. The van der Waals surface area contributed by atoms with Crippen LogP contribution in [0.2, 0.25) is 0 Å². The number of rotatable bonds is 5. The highest BCUT2D eigenvalue weighted by molar-refractivity contribution is 5.66. The zero-order chi connectivity index (χ0) is 17.9. The first-order valence-corrected chi connectivity index (χ1v) is 8.53. The van der Waals surface area contributed by atoms with Crippen molar-refractivity contribution in [2.45, 2.75) is 38.1 Å². The summed E-state index contributed by atoms with van der Waals surface area (Å²) in [5.41, 5.74) is 2.71. The number of fused-ring (bicyclic) bond motifs is 1. The Hall–Kier alpha value is -2.17. The van der Waals surface area contributed by atoms with Crippen LogP contribution >= 0.6 is 0 Å². The van der Waals surface area contributed by atoms with Gasteiger partial charge in [0.05, 0.1) is 12.7 Å². The summed E-state index contributed by atoms with van der Waals surface area (Å²) < 4.78 is 17.5. The fraction of sp³-hybridized carbons (Fsp3) is 0.381. The van der Waals surface area contributed by atoms with Crippen LogP contribution in [0.25, 0.3) is 0 Å². The number of carbonyl (C=O) groups is 1. The summed E-state index contributed by atoms with van der Waals surface area (Å²) in [6.45, 7) is 8.19. The van der Waals surface area contributed by atoms with Gasteiger partial charge in [0, 0.05) is 13.3 Å². The second-order valence-corrected chi connectivity index (χ2v) is 6.55. The van der Waals surface area contributed by atoms with E-state index in [1.165, 1.54) is 6.92 Å². The van der Waals surface area contributed by atoms with Gasteiger partial charge in [-0.15, -0.1) is 0 Å². The Kier molecular flexibility index (Phi) is 5.21. The maximum absolute atomic E-state index is 10.9. The molecule has 1 saturated heterocycles. The van der Waals surface area contributed by atoms with Gasteiger partial charge in [-0.05, 0) is 30.2 Å². The fourth-order valence-electron chi connectivity index (χ4n) is 3.35. The second-order valence-electron chi connectivity index (χ2n) is 6.55. The summed E-state index contributed by atoms with van der Waals surface area (Å²) in [6.07, 6.45) is 6.37. The van der Waals surface area contributed by atoms with Crippen LogP contribution in [-0.4, -0.2) is 31.4 Å². The van der Waals surface area contributed by atoms with E-state index in [-0.39, 0.29) is 24.8 Å². The molecule has 0 saturated carbocycles. The predicted octanol–water partition coefficient (Wildman–Crippen LogP) is 3.69. The van der Waals surface area contributed by atoms with E-state index in [0.717, 1.165) is 23.1 Å². The number of esters is 1. The van der Waals surface area contributed by atoms with Crippen LogP contribution in [0.5, 0.6) is 0 Å². The Morgan fingerprint density at radius 3 is 2.80 bits per heavy atom. The summed E-state index contributed by atoms with van der Waals surface area (Å²) in [4.78, 5) is 10.9. The summed E-state index contributed by atoms with van der Waals surface area (Å²) in [7, 11) is 0. The van der Waals surface area contributed by atoms with E-state index >= 15 is 0 Å². The lowest BCUT2D eigenvalue weighted by Gasteiger charge is -2.37. The molecule has 2 aliphatic heterocycles. The van der Waals surface area contributed by atoms with E-state index in [4.69, 9.17) is 14.2 Å². The molecule has 3 rings (SSSR count). The molecular weight excluding hydrogens is 316 g/mol. The van der Waals surface area contributed by atoms with Crippen molar-refractivity contribution < 1.29 is 19.0 Å². The van der Waals surface area contributed by atoms with Gasteiger partial charge in [0.1, 0.15) is 18.3 Å². The molecule has 0 aliphatic carbocycles. The lowest BCUT2D eigenvalue weighted by Crippen LogP contribution is -2.41. The average molecular weight is 340 g/mol. The highest BCUT2D eigenvalue weighted by Crippen LogP contribution is 2.46. The Morgan fingerprint density at radius 1 is 1.36 bits per heavy atom. The highest BCUT2D eigenvalue weighted by atomic mass is 16.6. The van der Waals surface area contributed by atoms with Crippen molar-refractivity contribution in [3.8, 4) is 0 Å². The molecular formula is C21H24O4. The van der Waals surface area contributed by atoms with Gasteiger partial charge in [0.2, 0.25) is 0 Å². The van der Waals surface area contributed by atoms with Gasteiger partial charge in [-0.2, -0.15) is 0 Å². The second kappa shape index (κ2) is 7.38. The zero-order valence-corrected chi connectivity index (χ0v) is 14.7. The minimum atomic E-state index is -0.489. The first-order valence-electron chi connectivity index (χ1n) is 8.53. The van der Waals surface area contributed by atoms with E-state index in [9.17, 15) is 4.79 Å². The van der Waals surface area contributed by atoms with Crippen LogP contribution in [0.15, 0.2) is 66.3 Å². The minimum absolute atomic E-state index is 0.0958. The van der Waals surface area contributed by atoms with Crippen molar-refractivity contribution in [3.63, 3.8) is 0 Å². The normalized spacial score (nSPS) is 28.5. The van der Waals surface area contributed by atoms with Crippen molar-refractivity contribution in [2.75, 3.05) is 13.2 Å². The van der Waals surface area contributed by atoms with Gasteiger partial charge < -0.3 is 14.2 Å². The van der Waals surface area contributed by atoms with Crippen molar-refractivity contribution in [2.24, 2.45) is 0 Å². The lowest BCUT2D eigenvalue weighted by atomic mass is 9.82. The SMILES string of the molecule is C=C(C)C1=C[C@@H]2O[C@H](/C=C/COC(C)=O)C[C@]2(c2ccccc2)OC1. The van der Waals surface area contributed by atoms with Crippen LogP contribution in [0.3, 0.4) is 0 Å². The third-order valence-corrected chi connectivity index (χ3v) is 4.67. The molecule has 0 amide bonds. The molecule has 0 aromatic heterocycles. The lowest BCUT2D eigenvalue weighted by molar-refractivity contribution is -0.139. The van der Waals surface area contributed by atoms with Gasteiger partial charge in [0.15, 0.2) is 0 Å². The third-order valence-electron chi connectivity index (χ3n) is 4.67. The molecule has 1 fully saturated rings. The Balaban J connectivity index is 1.84. The molecule has 0 spiro atoms. The maximum atomic E-state index is 10.9. The predicted molar refractivity (Wildman–Crippen MR) is 96.0 cm³/mol. The molecule has 2 heterocycles. The van der Waals surface area contributed by atoms with Crippen LogP contribution in [0.4, 0.5) is 0 Å².